The van der Waals surface area contributed by atoms with Crippen LogP contribution in [0, 0.1) is 0 Å². The summed E-state index contributed by atoms with van der Waals surface area (Å²) in [6, 6.07) is 0. The number of aromatic nitrogens is 2. The van der Waals surface area contributed by atoms with E-state index in [1.54, 1.807) is 0 Å². The molecule has 1 amide bonds. The zero-order valence-corrected chi connectivity index (χ0v) is 11.5. The Morgan fingerprint density at radius 1 is 1.26 bits per heavy atom. The van der Waals surface area contributed by atoms with Gasteiger partial charge in [0.15, 0.2) is 5.11 Å². The molecule has 0 atom stereocenters. The number of hydrogen-bond acceptors (Lipinski definition) is 5. The summed E-state index contributed by atoms with van der Waals surface area (Å²) >= 11 is 5.23. The summed E-state index contributed by atoms with van der Waals surface area (Å²) in [4.78, 5) is 23.7. The van der Waals surface area contributed by atoms with E-state index in [0.717, 1.165) is 26.2 Å². The van der Waals surface area contributed by atoms with E-state index in [4.69, 9.17) is 12.2 Å². The first kappa shape index (κ1) is 13.6. The maximum absolute atomic E-state index is 11.7. The van der Waals surface area contributed by atoms with Gasteiger partial charge in [0.25, 0.3) is 5.91 Å². The lowest BCUT2D eigenvalue weighted by Crippen LogP contribution is -2.54. The molecule has 8 heteroatoms. The highest BCUT2D eigenvalue weighted by Gasteiger charge is 2.16. The Balaban J connectivity index is 1.79. The van der Waals surface area contributed by atoms with Crippen LogP contribution in [0.3, 0.4) is 0 Å². The van der Waals surface area contributed by atoms with Crippen LogP contribution in [0.1, 0.15) is 10.5 Å². The van der Waals surface area contributed by atoms with E-state index in [1.165, 1.54) is 18.6 Å². The molecule has 102 valence electrons. The van der Waals surface area contributed by atoms with Gasteiger partial charge in [-0.3, -0.25) is 20.6 Å². The molecule has 7 nitrogen and oxygen atoms in total. The average molecular weight is 280 g/mol. The van der Waals surface area contributed by atoms with Crippen molar-refractivity contribution in [3.05, 3.63) is 24.3 Å². The van der Waals surface area contributed by atoms with Crippen LogP contribution >= 0.6 is 12.2 Å². The fourth-order valence-corrected chi connectivity index (χ4v) is 1.91. The standard InChI is InChI=1S/C11H16N6OS/c1-16-4-6-17(7-5-16)11(19)15-14-10(18)9-8-12-2-3-13-9/h2-3,8H,4-7H2,1H3,(H,14,18)(H,15,19). The third kappa shape index (κ3) is 3.83. The third-order valence-corrected chi connectivity index (χ3v) is 3.23. The number of nitrogens with one attached hydrogen (secondary N) is 2. The van der Waals surface area contributed by atoms with Crippen molar-refractivity contribution in [2.45, 2.75) is 0 Å². The Kier molecular flexibility index (Phi) is 4.58. The minimum absolute atomic E-state index is 0.246. The molecule has 1 saturated heterocycles. The van der Waals surface area contributed by atoms with Crippen LogP contribution in [-0.4, -0.2) is 64.0 Å². The summed E-state index contributed by atoms with van der Waals surface area (Å²) in [7, 11) is 2.07. The number of rotatable bonds is 1. The molecule has 0 saturated carbocycles. The van der Waals surface area contributed by atoms with Crippen LogP contribution in [0.25, 0.3) is 0 Å². The van der Waals surface area contributed by atoms with Crippen molar-refractivity contribution in [1.82, 2.24) is 30.6 Å². The third-order valence-electron chi connectivity index (χ3n) is 2.87. The van der Waals surface area contributed by atoms with E-state index in [2.05, 4.69) is 32.8 Å². The highest BCUT2D eigenvalue weighted by atomic mass is 32.1. The van der Waals surface area contributed by atoms with Crippen molar-refractivity contribution in [3.63, 3.8) is 0 Å². The number of carbonyl (C=O) groups excluding carboxylic acids is 1. The van der Waals surface area contributed by atoms with Crippen molar-refractivity contribution in [3.8, 4) is 0 Å². The molecule has 2 rings (SSSR count). The van der Waals surface area contributed by atoms with Gasteiger partial charge in [0.1, 0.15) is 5.69 Å². The number of likely N-dealkylation sites (N-methyl/N-ethyl adjacent to an activating group) is 1. The normalized spacial score (nSPS) is 15.9. The smallest absolute Gasteiger partial charge is 0.289 e. The molecular formula is C11H16N6OS. The molecule has 2 heterocycles. The van der Waals surface area contributed by atoms with Crippen LogP contribution in [0.4, 0.5) is 0 Å². The lowest BCUT2D eigenvalue weighted by atomic mass is 10.3. The van der Waals surface area contributed by atoms with Crippen LogP contribution < -0.4 is 10.9 Å². The Hall–Kier alpha value is -1.80. The molecule has 0 unspecified atom stereocenters. The largest absolute Gasteiger partial charge is 0.345 e. The summed E-state index contributed by atoms with van der Waals surface area (Å²) < 4.78 is 0. The molecule has 0 bridgehead atoms. The van der Waals surface area contributed by atoms with Crippen molar-refractivity contribution in [1.29, 1.82) is 0 Å². The first-order valence-corrected chi connectivity index (χ1v) is 6.37. The summed E-state index contributed by atoms with van der Waals surface area (Å²) in [6.07, 6.45) is 4.38. The van der Waals surface area contributed by atoms with Gasteiger partial charge < -0.3 is 9.80 Å². The number of hydrazine groups is 1. The predicted molar refractivity (Wildman–Crippen MR) is 74.3 cm³/mol. The number of thiocarbonyl (C=S) groups is 1. The molecule has 1 aromatic rings. The first-order valence-electron chi connectivity index (χ1n) is 5.96. The van der Waals surface area contributed by atoms with Gasteiger partial charge in [-0.2, -0.15) is 0 Å². The minimum Gasteiger partial charge on any atom is -0.345 e. The van der Waals surface area contributed by atoms with Crippen LogP contribution in [0.15, 0.2) is 18.6 Å². The highest BCUT2D eigenvalue weighted by molar-refractivity contribution is 7.80. The number of amides is 1. The SMILES string of the molecule is CN1CCN(C(=S)NNC(=O)c2cnccn2)CC1. The van der Waals surface area contributed by atoms with Crippen molar-refractivity contribution in [2.24, 2.45) is 0 Å². The highest BCUT2D eigenvalue weighted by Crippen LogP contribution is 1.99. The Bertz CT molecular complexity index is 446. The topological polar surface area (TPSA) is 73.4 Å². The predicted octanol–water partition coefficient (Wildman–Crippen LogP) is -0.757. The summed E-state index contributed by atoms with van der Waals surface area (Å²) in [5, 5.41) is 0.519. The molecule has 0 aliphatic carbocycles. The average Bonchev–Trinajstić information content (AvgIpc) is 2.46. The van der Waals surface area contributed by atoms with Crippen LogP contribution in [0.5, 0.6) is 0 Å². The summed E-state index contributed by atoms with van der Waals surface area (Å²) in [5.41, 5.74) is 5.50. The maximum Gasteiger partial charge on any atom is 0.289 e. The summed E-state index contributed by atoms with van der Waals surface area (Å²) in [6.45, 7) is 3.62. The Labute approximate surface area is 117 Å². The molecule has 2 N–H and O–H groups in total. The van der Waals surface area contributed by atoms with Gasteiger partial charge in [-0.05, 0) is 19.3 Å². The molecule has 1 aromatic heterocycles. The molecule has 0 aromatic carbocycles. The lowest BCUT2D eigenvalue weighted by molar-refractivity contribution is 0.0935. The molecule has 1 aliphatic heterocycles. The number of piperazine rings is 1. The van der Waals surface area contributed by atoms with Gasteiger partial charge in [0.05, 0.1) is 6.20 Å². The molecule has 0 radical (unpaired) electrons. The van der Waals surface area contributed by atoms with Gasteiger partial charge in [-0.1, -0.05) is 0 Å². The van der Waals surface area contributed by atoms with Crippen molar-refractivity contribution < 1.29 is 4.79 Å². The van der Waals surface area contributed by atoms with E-state index < -0.39 is 0 Å². The van der Waals surface area contributed by atoms with E-state index in [1.807, 2.05) is 4.90 Å². The quantitative estimate of drug-likeness (QED) is 0.517. The fraction of sp³-hybridized carbons (Fsp3) is 0.455. The zero-order valence-electron chi connectivity index (χ0n) is 10.7. The van der Waals surface area contributed by atoms with Gasteiger partial charge in [0.2, 0.25) is 0 Å². The molecule has 1 fully saturated rings. The Morgan fingerprint density at radius 3 is 2.63 bits per heavy atom. The second kappa shape index (κ2) is 6.39. The molecule has 0 spiro atoms. The first-order chi connectivity index (χ1) is 9.16. The van der Waals surface area contributed by atoms with Crippen molar-refractivity contribution >= 4 is 23.2 Å². The number of carbonyl (C=O) groups is 1. The molecule has 1 aliphatic rings. The van der Waals surface area contributed by atoms with Gasteiger partial charge in [-0.25, -0.2) is 4.98 Å². The lowest BCUT2D eigenvalue weighted by Gasteiger charge is -2.34. The number of nitrogens with zero attached hydrogens (tertiary/aromatic N) is 4. The van der Waals surface area contributed by atoms with E-state index in [0.29, 0.717) is 5.11 Å². The van der Waals surface area contributed by atoms with Crippen LogP contribution in [-0.2, 0) is 0 Å². The van der Waals surface area contributed by atoms with Crippen LogP contribution in [0.2, 0.25) is 0 Å². The second-order valence-electron chi connectivity index (χ2n) is 4.27. The van der Waals surface area contributed by atoms with Gasteiger partial charge >= 0.3 is 0 Å². The fourth-order valence-electron chi connectivity index (χ4n) is 1.68. The Morgan fingerprint density at radius 2 is 2.00 bits per heavy atom. The van der Waals surface area contributed by atoms with Gasteiger partial charge in [-0.15, -0.1) is 0 Å². The van der Waals surface area contributed by atoms with Gasteiger partial charge in [0, 0.05) is 38.6 Å². The van der Waals surface area contributed by atoms with Crippen molar-refractivity contribution in [2.75, 3.05) is 33.2 Å². The second-order valence-corrected chi connectivity index (χ2v) is 4.65. The summed E-state index contributed by atoms with van der Waals surface area (Å²) in [5.74, 6) is -0.357. The van der Waals surface area contributed by atoms with E-state index >= 15 is 0 Å². The monoisotopic (exact) mass is 280 g/mol. The maximum atomic E-state index is 11.7. The molecular weight excluding hydrogens is 264 g/mol. The minimum atomic E-state index is -0.357. The number of hydrogen-bond donors (Lipinski definition) is 2. The van der Waals surface area contributed by atoms with E-state index in [9.17, 15) is 4.79 Å². The molecule has 19 heavy (non-hydrogen) atoms. The van der Waals surface area contributed by atoms with E-state index in [-0.39, 0.29) is 11.6 Å². The zero-order chi connectivity index (χ0) is 13.7.